The summed E-state index contributed by atoms with van der Waals surface area (Å²) in [7, 11) is 0. The highest BCUT2D eigenvalue weighted by Gasteiger charge is 2.26. The van der Waals surface area contributed by atoms with E-state index in [2.05, 4.69) is 88.6 Å². The van der Waals surface area contributed by atoms with Gasteiger partial charge < -0.3 is 35.7 Å². The standard InChI is InChI=1S/C48H47FN12O2/c1-27-52-44-36(40-21-33-5-3-29(19-38(33)55-40)26-61-14-16-63-17-15-61)23-42(58-47(44)53-27)51-24-43-57-45-35(22-41(50)56-48(45)59-43)39-20-32-4-2-28(18-37(32)54-39)25-60-12-10-31(11-13-60)46(62)30-6-8-34(49)9-7-30/h2-9,18-23,31,54-55H,10-17,24-26H2,1H3,(H3,50,56,57,59)(H2,51,52,53,58). The number of hydrogen-bond donors (Lipinski definition) is 6. The molecule has 0 amide bonds. The number of nitrogens with zero attached hydrogens (tertiary/aromatic N) is 6. The van der Waals surface area contributed by atoms with Crippen LogP contribution in [0, 0.1) is 18.7 Å². The summed E-state index contributed by atoms with van der Waals surface area (Å²) in [6, 6.07) is 27.2. The Hall–Kier alpha value is -6.94. The van der Waals surface area contributed by atoms with Gasteiger partial charge >= 0.3 is 0 Å². The highest BCUT2D eigenvalue weighted by Crippen LogP contribution is 2.34. The SMILES string of the molecule is Cc1nc2nc(NCc3nc4nc(N)cc(-c5cc6ccc(CN7CCC(C(=O)c8ccc(F)cc8)CC7)cc6[nH]5)c4[nH]3)cc(-c3cc4ccc(CN5CCOCC5)cc4[nH]3)c2[nH]1. The number of anilines is 2. The van der Waals surface area contributed by atoms with E-state index in [1.54, 1.807) is 12.1 Å². The van der Waals surface area contributed by atoms with E-state index < -0.39 is 0 Å². The number of nitrogens with two attached hydrogens (primary N) is 1. The van der Waals surface area contributed by atoms with Crippen molar-refractivity contribution in [1.29, 1.82) is 0 Å². The number of fused-ring (bicyclic) bond motifs is 4. The van der Waals surface area contributed by atoms with Crippen molar-refractivity contribution < 1.29 is 13.9 Å². The predicted octanol–water partition coefficient (Wildman–Crippen LogP) is 8.09. The van der Waals surface area contributed by atoms with Crippen LogP contribution in [-0.4, -0.2) is 94.8 Å². The van der Waals surface area contributed by atoms with E-state index in [0.29, 0.717) is 40.9 Å². The van der Waals surface area contributed by atoms with Crippen LogP contribution in [-0.2, 0) is 24.4 Å². The first-order chi connectivity index (χ1) is 30.7. The molecule has 8 heterocycles. The Morgan fingerprint density at radius 1 is 0.730 bits per heavy atom. The molecular weight excluding hydrogens is 796 g/mol. The minimum Gasteiger partial charge on any atom is -0.384 e. The number of hydrogen-bond acceptors (Lipinski definition) is 10. The minimum atomic E-state index is -0.329. The first-order valence-corrected chi connectivity index (χ1v) is 21.6. The summed E-state index contributed by atoms with van der Waals surface area (Å²) in [5, 5.41) is 5.70. The second-order valence-electron chi connectivity index (χ2n) is 16.9. The average Bonchev–Trinajstić information content (AvgIpc) is 4.10. The molecule has 2 fully saturated rings. The number of piperidine rings is 1. The van der Waals surface area contributed by atoms with E-state index in [-0.39, 0.29) is 17.5 Å². The number of pyridine rings is 2. The van der Waals surface area contributed by atoms with Crippen LogP contribution in [0.2, 0.25) is 0 Å². The summed E-state index contributed by atoms with van der Waals surface area (Å²) in [5.41, 5.74) is 18.0. The molecule has 0 aliphatic carbocycles. The number of Topliss-reactive ketones (excluding diaryl/α,β-unsaturated/α-hetero) is 1. The molecule has 2 aliphatic rings. The lowest BCUT2D eigenvalue weighted by Gasteiger charge is -2.31. The zero-order valence-electron chi connectivity index (χ0n) is 34.9. The van der Waals surface area contributed by atoms with Gasteiger partial charge in [-0.05, 0) is 105 Å². The maximum absolute atomic E-state index is 13.4. The lowest BCUT2D eigenvalue weighted by molar-refractivity contribution is 0.0342. The molecule has 0 unspecified atom stereocenters. The van der Waals surface area contributed by atoms with Gasteiger partial charge in [0.1, 0.15) is 29.1 Å². The van der Waals surface area contributed by atoms with Gasteiger partial charge in [-0.1, -0.05) is 24.3 Å². The van der Waals surface area contributed by atoms with Gasteiger partial charge in [0.2, 0.25) is 0 Å². The topological polar surface area (TPSA) is 186 Å². The average molecular weight is 843 g/mol. The van der Waals surface area contributed by atoms with E-state index in [9.17, 15) is 9.18 Å². The number of ketones is 1. The van der Waals surface area contributed by atoms with Crippen LogP contribution in [0.3, 0.4) is 0 Å². The highest BCUT2D eigenvalue weighted by molar-refractivity contribution is 5.98. The fourth-order valence-corrected chi connectivity index (χ4v) is 9.25. The Balaban J connectivity index is 0.799. The first kappa shape index (κ1) is 38.9. The van der Waals surface area contributed by atoms with Crippen molar-refractivity contribution in [2.45, 2.75) is 39.4 Å². The summed E-state index contributed by atoms with van der Waals surface area (Å²) in [6.07, 6.45) is 1.57. The molecule has 2 aliphatic heterocycles. The van der Waals surface area contributed by atoms with Crippen LogP contribution >= 0.6 is 0 Å². The fraction of sp³-hybridized carbons (Fsp3) is 0.271. The maximum atomic E-state index is 13.4. The summed E-state index contributed by atoms with van der Waals surface area (Å²) in [4.78, 5) is 51.0. The molecule has 6 aromatic heterocycles. The molecule has 15 heteroatoms. The Morgan fingerprint density at radius 3 is 2.03 bits per heavy atom. The number of aromatic amines is 4. The normalized spacial score (nSPS) is 15.7. The number of aromatic nitrogens is 8. The number of rotatable bonds is 11. The third-order valence-electron chi connectivity index (χ3n) is 12.5. The second kappa shape index (κ2) is 16.1. The van der Waals surface area contributed by atoms with Crippen LogP contribution in [0.4, 0.5) is 16.0 Å². The summed E-state index contributed by atoms with van der Waals surface area (Å²) in [5.74, 6) is 2.25. The van der Waals surface area contributed by atoms with Crippen LogP contribution in [0.1, 0.15) is 46.0 Å². The van der Waals surface area contributed by atoms with Crippen molar-refractivity contribution in [3.8, 4) is 22.5 Å². The molecule has 3 aromatic carbocycles. The number of ether oxygens (including phenoxy) is 1. The van der Waals surface area contributed by atoms with Gasteiger partial charge in [0, 0.05) is 82.0 Å². The fourth-order valence-electron chi connectivity index (χ4n) is 9.25. The van der Waals surface area contributed by atoms with Gasteiger partial charge in [-0.3, -0.25) is 14.6 Å². The number of morpholine rings is 1. The molecule has 0 radical (unpaired) electrons. The number of imidazole rings is 2. The Labute approximate surface area is 361 Å². The first-order valence-electron chi connectivity index (χ1n) is 21.6. The molecule has 0 bridgehead atoms. The van der Waals surface area contributed by atoms with E-state index >= 15 is 0 Å². The van der Waals surface area contributed by atoms with E-state index in [4.69, 9.17) is 25.4 Å². The molecule has 14 nitrogen and oxygen atoms in total. The molecule has 9 aromatic rings. The largest absolute Gasteiger partial charge is 0.384 e. The molecule has 11 rings (SSSR count). The number of likely N-dealkylation sites (tertiary alicyclic amines) is 1. The van der Waals surface area contributed by atoms with Crippen LogP contribution in [0.25, 0.3) is 66.6 Å². The number of carbonyl (C=O) groups is 1. The minimum absolute atomic E-state index is 0.0414. The zero-order chi connectivity index (χ0) is 42.6. The molecule has 0 atom stereocenters. The molecule has 0 spiro atoms. The maximum Gasteiger partial charge on any atom is 0.180 e. The monoisotopic (exact) mass is 842 g/mol. The summed E-state index contributed by atoms with van der Waals surface area (Å²) < 4.78 is 18.9. The summed E-state index contributed by atoms with van der Waals surface area (Å²) in [6.45, 7) is 9.08. The van der Waals surface area contributed by atoms with Gasteiger partial charge in [0.05, 0.1) is 30.8 Å². The number of aryl methyl sites for hydroxylation is 1. The van der Waals surface area contributed by atoms with E-state index in [1.807, 2.05) is 19.1 Å². The quantitative estimate of drug-likeness (QED) is 0.0696. The van der Waals surface area contributed by atoms with Crippen LogP contribution in [0.5, 0.6) is 0 Å². The third-order valence-corrected chi connectivity index (χ3v) is 12.5. The number of halogens is 1. The number of nitrogen functional groups attached to an aromatic ring is 1. The molecule has 2 saturated heterocycles. The van der Waals surface area contributed by atoms with Crippen LogP contribution < -0.4 is 11.1 Å². The Morgan fingerprint density at radius 2 is 1.35 bits per heavy atom. The van der Waals surface area contributed by atoms with Crippen molar-refractivity contribution in [3.63, 3.8) is 0 Å². The van der Waals surface area contributed by atoms with Crippen LogP contribution in [0.15, 0.2) is 84.9 Å². The van der Waals surface area contributed by atoms with Gasteiger partial charge in [0.25, 0.3) is 0 Å². The lowest BCUT2D eigenvalue weighted by atomic mass is 9.88. The molecular formula is C48H47FN12O2. The zero-order valence-corrected chi connectivity index (χ0v) is 34.9. The van der Waals surface area contributed by atoms with Crippen molar-refractivity contribution in [1.82, 2.24) is 49.7 Å². The predicted molar refractivity (Wildman–Crippen MR) is 244 cm³/mol. The van der Waals surface area contributed by atoms with Gasteiger partial charge in [-0.15, -0.1) is 0 Å². The van der Waals surface area contributed by atoms with E-state index in [1.165, 1.54) is 23.3 Å². The molecule has 7 N–H and O–H groups in total. The molecule has 63 heavy (non-hydrogen) atoms. The van der Waals surface area contributed by atoms with Crippen molar-refractivity contribution >= 4 is 61.6 Å². The lowest BCUT2D eigenvalue weighted by Crippen LogP contribution is -2.35. The van der Waals surface area contributed by atoms with Gasteiger partial charge in [-0.25, -0.2) is 24.3 Å². The summed E-state index contributed by atoms with van der Waals surface area (Å²) >= 11 is 0. The van der Waals surface area contributed by atoms with Crippen molar-refractivity contribution in [3.05, 3.63) is 119 Å². The number of benzene rings is 3. The highest BCUT2D eigenvalue weighted by atomic mass is 19.1. The number of carbonyl (C=O) groups excluding carboxylic acids is 1. The van der Waals surface area contributed by atoms with Gasteiger partial charge in [0.15, 0.2) is 17.1 Å². The van der Waals surface area contributed by atoms with E-state index in [0.717, 1.165) is 127 Å². The van der Waals surface area contributed by atoms with Gasteiger partial charge in [-0.2, -0.15) is 0 Å². The smallest absolute Gasteiger partial charge is 0.180 e. The van der Waals surface area contributed by atoms with Crippen molar-refractivity contribution in [2.75, 3.05) is 50.4 Å². The third kappa shape index (κ3) is 7.90. The van der Waals surface area contributed by atoms with Crippen molar-refractivity contribution in [2.24, 2.45) is 5.92 Å². The molecule has 318 valence electrons. The number of H-pyrrole nitrogens is 4. The Bertz CT molecular complexity index is 3150. The molecule has 0 saturated carbocycles. The Kier molecular flexibility index (Phi) is 9.94. The second-order valence-corrected chi connectivity index (χ2v) is 16.9. The number of nitrogens with one attached hydrogen (secondary N) is 5.